The minimum Gasteiger partial charge on any atom is -0.295 e. The summed E-state index contributed by atoms with van der Waals surface area (Å²) in [6.45, 7) is 7.46. The van der Waals surface area contributed by atoms with Crippen molar-refractivity contribution in [2.24, 2.45) is 0 Å². The smallest absolute Gasteiger partial charge is 0.117 e. The van der Waals surface area contributed by atoms with E-state index in [1.165, 1.54) is 17.7 Å². The average molecular weight is 374 g/mol. The quantitative estimate of drug-likeness (QED) is 0.685. The molecule has 2 aliphatic heterocycles. The van der Waals surface area contributed by atoms with Crippen molar-refractivity contribution in [3.05, 3.63) is 71.9 Å². The molecule has 0 bridgehead atoms. The molecule has 0 unspecified atom stereocenters. The summed E-state index contributed by atoms with van der Waals surface area (Å²) in [6.07, 6.45) is 1.17. The minimum atomic E-state index is 0.379. The summed E-state index contributed by atoms with van der Waals surface area (Å²) in [4.78, 5) is 5.23. The van der Waals surface area contributed by atoms with E-state index >= 15 is 0 Å². The Bertz CT molecular complexity index is 921. The second-order valence-electron chi connectivity index (χ2n) is 7.98. The summed E-state index contributed by atoms with van der Waals surface area (Å²) in [5.74, 6) is 0. The van der Waals surface area contributed by atoms with Crippen LogP contribution in [-0.4, -0.2) is 50.5 Å². The molecule has 2 atom stereocenters. The molecular formula is C23H27N5. The highest BCUT2D eigenvalue weighted by atomic mass is 15.5. The van der Waals surface area contributed by atoms with Crippen LogP contribution in [0.3, 0.4) is 0 Å². The first kappa shape index (κ1) is 17.6. The van der Waals surface area contributed by atoms with Crippen molar-refractivity contribution in [2.45, 2.75) is 38.5 Å². The van der Waals surface area contributed by atoms with E-state index in [0.717, 1.165) is 44.0 Å². The molecule has 1 fully saturated rings. The Balaban J connectivity index is 1.45. The number of fused-ring (bicyclic) bond motifs is 3. The summed E-state index contributed by atoms with van der Waals surface area (Å²) in [5, 5.41) is 9.23. The molecule has 28 heavy (non-hydrogen) atoms. The van der Waals surface area contributed by atoms with Gasteiger partial charge in [-0.15, -0.1) is 5.10 Å². The van der Waals surface area contributed by atoms with Gasteiger partial charge in [0, 0.05) is 37.8 Å². The Hall–Kier alpha value is -2.50. The van der Waals surface area contributed by atoms with Gasteiger partial charge in [0.1, 0.15) is 5.69 Å². The van der Waals surface area contributed by atoms with Gasteiger partial charge >= 0.3 is 0 Å². The molecule has 3 heterocycles. The van der Waals surface area contributed by atoms with Crippen LogP contribution in [0.15, 0.2) is 60.7 Å². The lowest BCUT2D eigenvalue weighted by Gasteiger charge is -2.37. The molecule has 1 saturated heterocycles. The molecule has 0 aliphatic carbocycles. The van der Waals surface area contributed by atoms with E-state index in [4.69, 9.17) is 0 Å². The monoisotopic (exact) mass is 373 g/mol. The predicted octanol–water partition coefficient (Wildman–Crippen LogP) is 3.60. The van der Waals surface area contributed by atoms with Crippen molar-refractivity contribution < 1.29 is 0 Å². The Labute approximate surface area is 166 Å². The topological polar surface area (TPSA) is 37.2 Å². The first-order chi connectivity index (χ1) is 13.8. The molecule has 2 aromatic carbocycles. The molecule has 3 aromatic rings. The minimum absolute atomic E-state index is 0.379. The molecule has 0 radical (unpaired) electrons. The largest absolute Gasteiger partial charge is 0.295 e. The van der Waals surface area contributed by atoms with Gasteiger partial charge in [-0.3, -0.25) is 9.80 Å². The number of rotatable bonds is 5. The Morgan fingerprint density at radius 2 is 1.64 bits per heavy atom. The van der Waals surface area contributed by atoms with Gasteiger partial charge in [-0.25, -0.2) is 4.68 Å². The van der Waals surface area contributed by atoms with Gasteiger partial charge in [-0.1, -0.05) is 72.8 Å². The van der Waals surface area contributed by atoms with Crippen molar-refractivity contribution in [1.29, 1.82) is 0 Å². The van der Waals surface area contributed by atoms with Crippen molar-refractivity contribution in [3.63, 3.8) is 0 Å². The zero-order valence-corrected chi connectivity index (χ0v) is 16.4. The number of nitrogens with zero attached hydrogens (tertiary/aromatic N) is 5. The first-order valence-corrected chi connectivity index (χ1v) is 10.3. The number of hydrogen-bond donors (Lipinski definition) is 0. The van der Waals surface area contributed by atoms with E-state index in [1.807, 2.05) is 0 Å². The summed E-state index contributed by atoms with van der Waals surface area (Å²) < 4.78 is 2.23. The van der Waals surface area contributed by atoms with Crippen LogP contribution in [-0.2, 0) is 13.1 Å². The highest BCUT2D eigenvalue weighted by Crippen LogP contribution is 2.36. The molecule has 0 saturated carbocycles. The van der Waals surface area contributed by atoms with Gasteiger partial charge in [0.15, 0.2) is 0 Å². The third-order valence-corrected chi connectivity index (χ3v) is 6.07. The third kappa shape index (κ3) is 3.15. The van der Waals surface area contributed by atoms with E-state index in [-0.39, 0.29) is 0 Å². The fraction of sp³-hybridized carbons (Fsp3) is 0.391. The zero-order chi connectivity index (χ0) is 18.9. The summed E-state index contributed by atoms with van der Waals surface area (Å²) in [5.41, 5.74) is 4.86. The van der Waals surface area contributed by atoms with Gasteiger partial charge in [-0.05, 0) is 18.5 Å². The average Bonchev–Trinajstić information content (AvgIpc) is 3.34. The molecule has 0 N–H and O–H groups in total. The highest BCUT2D eigenvalue weighted by molar-refractivity contribution is 5.61. The molecule has 144 valence electrons. The maximum atomic E-state index is 4.63. The maximum Gasteiger partial charge on any atom is 0.117 e. The molecule has 1 aromatic heterocycles. The normalized spacial score (nSPS) is 22.2. The number of aromatic nitrogens is 3. The lowest BCUT2D eigenvalue weighted by molar-refractivity contribution is 0.122. The van der Waals surface area contributed by atoms with E-state index in [0.29, 0.717) is 12.1 Å². The van der Waals surface area contributed by atoms with E-state index in [9.17, 15) is 0 Å². The van der Waals surface area contributed by atoms with Gasteiger partial charge in [-0.2, -0.15) is 0 Å². The maximum absolute atomic E-state index is 4.63. The number of likely N-dealkylation sites (tertiary alicyclic amines) is 1. The van der Waals surface area contributed by atoms with Crippen LogP contribution in [0.1, 0.15) is 30.6 Å². The number of hydrogen-bond acceptors (Lipinski definition) is 4. The van der Waals surface area contributed by atoms with Gasteiger partial charge in [0.05, 0.1) is 11.7 Å². The fourth-order valence-corrected chi connectivity index (χ4v) is 4.81. The molecule has 0 amide bonds. The van der Waals surface area contributed by atoms with Crippen LogP contribution in [0.4, 0.5) is 0 Å². The molecule has 2 aliphatic rings. The van der Waals surface area contributed by atoms with Crippen molar-refractivity contribution in [2.75, 3.05) is 19.6 Å². The van der Waals surface area contributed by atoms with Crippen molar-refractivity contribution in [1.82, 2.24) is 24.8 Å². The summed E-state index contributed by atoms with van der Waals surface area (Å²) in [7, 11) is 0. The van der Waals surface area contributed by atoms with Crippen LogP contribution in [0.25, 0.3) is 11.3 Å². The molecule has 5 heteroatoms. The molecular weight excluding hydrogens is 346 g/mol. The standard InChI is InChI=1S/C23H27N5/c1-2-13-27-17-22-23(19-11-7-4-8-12-19)24-25-28(22)21-16-26(15-20(21)27)14-18-9-5-3-6-10-18/h3-12,20-21H,2,13-17H2,1H3/t20-,21-/m1/s1. The Morgan fingerprint density at radius 1 is 0.929 bits per heavy atom. The lowest BCUT2D eigenvalue weighted by atomic mass is 10.0. The molecule has 0 spiro atoms. The van der Waals surface area contributed by atoms with Crippen LogP contribution in [0.2, 0.25) is 0 Å². The van der Waals surface area contributed by atoms with Crippen LogP contribution < -0.4 is 0 Å². The van der Waals surface area contributed by atoms with Crippen LogP contribution in [0, 0.1) is 0 Å². The summed E-state index contributed by atoms with van der Waals surface area (Å²) >= 11 is 0. The summed E-state index contributed by atoms with van der Waals surface area (Å²) in [6, 6.07) is 22.2. The van der Waals surface area contributed by atoms with E-state index in [1.54, 1.807) is 0 Å². The fourth-order valence-electron chi connectivity index (χ4n) is 4.81. The van der Waals surface area contributed by atoms with Crippen molar-refractivity contribution >= 4 is 0 Å². The number of benzene rings is 2. The van der Waals surface area contributed by atoms with Gasteiger partial charge in [0.25, 0.3) is 0 Å². The zero-order valence-electron chi connectivity index (χ0n) is 16.4. The van der Waals surface area contributed by atoms with Gasteiger partial charge < -0.3 is 0 Å². The predicted molar refractivity (Wildman–Crippen MR) is 111 cm³/mol. The molecule has 5 nitrogen and oxygen atoms in total. The Morgan fingerprint density at radius 3 is 2.39 bits per heavy atom. The second-order valence-corrected chi connectivity index (χ2v) is 7.98. The van der Waals surface area contributed by atoms with Crippen LogP contribution in [0.5, 0.6) is 0 Å². The van der Waals surface area contributed by atoms with Crippen LogP contribution >= 0.6 is 0 Å². The highest BCUT2D eigenvalue weighted by Gasteiger charge is 2.43. The van der Waals surface area contributed by atoms with E-state index in [2.05, 4.69) is 92.4 Å². The third-order valence-electron chi connectivity index (χ3n) is 6.07. The first-order valence-electron chi connectivity index (χ1n) is 10.3. The second kappa shape index (κ2) is 7.49. The molecule has 5 rings (SSSR count). The Kier molecular flexibility index (Phi) is 4.71. The SMILES string of the molecule is CCCN1Cc2c(-c3ccccc3)nnn2[C@@H]2CN(Cc3ccccc3)C[C@H]21. The van der Waals surface area contributed by atoms with Gasteiger partial charge in [0.2, 0.25) is 0 Å². The van der Waals surface area contributed by atoms with Crippen molar-refractivity contribution in [3.8, 4) is 11.3 Å². The van der Waals surface area contributed by atoms with E-state index < -0.39 is 0 Å². The lowest BCUT2D eigenvalue weighted by Crippen LogP contribution is -2.46.